The molecule has 1 heterocycles. The molecule has 0 amide bonds. The molecule has 13 heavy (non-hydrogen) atoms. The molecule has 1 aliphatic rings. The Morgan fingerprint density at radius 1 is 1.62 bits per heavy atom. The second-order valence-corrected chi connectivity index (χ2v) is 3.82. The van der Waals surface area contributed by atoms with Crippen LogP contribution in [0.15, 0.2) is 17.1 Å². The van der Waals surface area contributed by atoms with Crippen molar-refractivity contribution in [1.29, 1.82) is 0 Å². The summed E-state index contributed by atoms with van der Waals surface area (Å²) in [4.78, 5) is 14.1. The molecule has 1 atom stereocenters. The number of pyridine rings is 1. The molecule has 0 aromatic carbocycles. The van der Waals surface area contributed by atoms with Crippen molar-refractivity contribution in [3.05, 3.63) is 33.7 Å². The highest BCUT2D eigenvalue weighted by atomic mass is 16.1. The van der Waals surface area contributed by atoms with Crippen LogP contribution in [0.1, 0.15) is 30.0 Å². The van der Waals surface area contributed by atoms with Crippen LogP contribution in [0.25, 0.3) is 0 Å². The van der Waals surface area contributed by atoms with Gasteiger partial charge in [-0.25, -0.2) is 0 Å². The third kappa shape index (κ3) is 1.65. The van der Waals surface area contributed by atoms with E-state index < -0.39 is 0 Å². The minimum atomic E-state index is -0.0661. The maximum Gasteiger partial charge on any atom is 0.252 e. The topological polar surface area (TPSA) is 58.9 Å². The van der Waals surface area contributed by atoms with E-state index in [1.54, 1.807) is 6.20 Å². The summed E-state index contributed by atoms with van der Waals surface area (Å²) in [5.41, 5.74) is 7.71. The number of H-pyrrole nitrogens is 1. The quantitative estimate of drug-likeness (QED) is 0.712. The molecular formula is C10H14N2O. The average Bonchev–Trinajstić information content (AvgIpc) is 2.91. The van der Waals surface area contributed by atoms with E-state index in [1.165, 1.54) is 0 Å². The Balaban J connectivity index is 2.37. The molecule has 1 fully saturated rings. The van der Waals surface area contributed by atoms with Crippen LogP contribution in [0.4, 0.5) is 0 Å². The van der Waals surface area contributed by atoms with Crippen LogP contribution >= 0.6 is 0 Å². The van der Waals surface area contributed by atoms with Gasteiger partial charge in [0.2, 0.25) is 0 Å². The number of rotatable bonds is 2. The molecule has 0 unspecified atom stereocenters. The lowest BCUT2D eigenvalue weighted by Gasteiger charge is -2.09. The van der Waals surface area contributed by atoms with Gasteiger partial charge in [-0.3, -0.25) is 4.79 Å². The molecule has 0 radical (unpaired) electrons. The largest absolute Gasteiger partial charge is 0.329 e. The summed E-state index contributed by atoms with van der Waals surface area (Å²) in [5, 5.41) is 0. The van der Waals surface area contributed by atoms with E-state index in [9.17, 15) is 4.79 Å². The van der Waals surface area contributed by atoms with Gasteiger partial charge in [-0.2, -0.15) is 0 Å². The lowest BCUT2D eigenvalue weighted by atomic mass is 10.0. The predicted molar refractivity (Wildman–Crippen MR) is 51.5 cm³/mol. The number of aryl methyl sites for hydroxylation is 1. The van der Waals surface area contributed by atoms with E-state index >= 15 is 0 Å². The molecule has 0 aliphatic heterocycles. The first-order chi connectivity index (χ1) is 6.18. The lowest BCUT2D eigenvalue weighted by molar-refractivity contribution is 0.625. The van der Waals surface area contributed by atoms with Gasteiger partial charge in [-0.1, -0.05) is 0 Å². The third-order valence-electron chi connectivity index (χ3n) is 2.57. The Morgan fingerprint density at radius 3 is 2.92 bits per heavy atom. The van der Waals surface area contributed by atoms with Crippen LogP contribution in [0, 0.1) is 12.8 Å². The minimum absolute atomic E-state index is 0.0370. The Kier molecular flexibility index (Phi) is 1.96. The fraction of sp³-hybridized carbons (Fsp3) is 0.500. The van der Waals surface area contributed by atoms with E-state index in [1.807, 2.05) is 13.0 Å². The van der Waals surface area contributed by atoms with E-state index in [4.69, 9.17) is 5.73 Å². The molecule has 0 spiro atoms. The summed E-state index contributed by atoms with van der Waals surface area (Å²) in [6, 6.07) is 1.82. The Hall–Kier alpha value is -1.09. The normalized spacial score (nSPS) is 18.6. The van der Waals surface area contributed by atoms with Crippen molar-refractivity contribution >= 4 is 0 Å². The zero-order valence-corrected chi connectivity index (χ0v) is 7.71. The number of hydrogen-bond acceptors (Lipinski definition) is 2. The maximum atomic E-state index is 11.4. The average molecular weight is 178 g/mol. The molecule has 0 saturated heterocycles. The summed E-state index contributed by atoms with van der Waals surface area (Å²) in [6.07, 6.45) is 4.04. The van der Waals surface area contributed by atoms with E-state index in [0.29, 0.717) is 5.92 Å². The van der Waals surface area contributed by atoms with Crippen molar-refractivity contribution < 1.29 is 0 Å². The maximum absolute atomic E-state index is 11.4. The monoisotopic (exact) mass is 178 g/mol. The summed E-state index contributed by atoms with van der Waals surface area (Å²) in [6.45, 7) is 1.96. The number of aromatic nitrogens is 1. The second kappa shape index (κ2) is 3.00. The smallest absolute Gasteiger partial charge is 0.252 e. The molecule has 1 aromatic rings. The second-order valence-electron chi connectivity index (χ2n) is 3.82. The fourth-order valence-electron chi connectivity index (χ4n) is 1.57. The first-order valence-corrected chi connectivity index (χ1v) is 4.63. The van der Waals surface area contributed by atoms with E-state index in [-0.39, 0.29) is 11.6 Å². The summed E-state index contributed by atoms with van der Waals surface area (Å²) in [5.74, 6) is 0.530. The fourth-order valence-corrected chi connectivity index (χ4v) is 1.57. The lowest BCUT2D eigenvalue weighted by Crippen LogP contribution is -2.23. The van der Waals surface area contributed by atoms with Crippen molar-refractivity contribution in [2.24, 2.45) is 11.7 Å². The highest BCUT2D eigenvalue weighted by Gasteiger charge is 2.30. The molecule has 70 valence electrons. The Morgan fingerprint density at radius 2 is 2.31 bits per heavy atom. The van der Waals surface area contributed by atoms with Gasteiger partial charge in [0.25, 0.3) is 5.56 Å². The van der Waals surface area contributed by atoms with Crippen LogP contribution in [-0.2, 0) is 0 Å². The zero-order chi connectivity index (χ0) is 9.42. The van der Waals surface area contributed by atoms with E-state index in [2.05, 4.69) is 4.98 Å². The van der Waals surface area contributed by atoms with Gasteiger partial charge in [0, 0.05) is 17.8 Å². The molecule has 3 heteroatoms. The Labute approximate surface area is 77.0 Å². The summed E-state index contributed by atoms with van der Waals surface area (Å²) in [7, 11) is 0. The number of nitrogens with two attached hydrogens (primary N) is 1. The van der Waals surface area contributed by atoms with Crippen LogP contribution < -0.4 is 11.3 Å². The van der Waals surface area contributed by atoms with Crippen molar-refractivity contribution in [3.8, 4) is 0 Å². The molecule has 1 aromatic heterocycles. The number of aromatic amines is 1. The molecule has 1 saturated carbocycles. The summed E-state index contributed by atoms with van der Waals surface area (Å²) < 4.78 is 0. The van der Waals surface area contributed by atoms with Gasteiger partial charge < -0.3 is 10.7 Å². The van der Waals surface area contributed by atoms with Gasteiger partial charge in [0.15, 0.2) is 0 Å². The van der Waals surface area contributed by atoms with E-state index in [0.717, 1.165) is 24.0 Å². The minimum Gasteiger partial charge on any atom is -0.329 e. The van der Waals surface area contributed by atoms with Gasteiger partial charge >= 0.3 is 0 Å². The highest BCUT2D eigenvalue weighted by Crippen LogP contribution is 2.38. The number of nitrogens with one attached hydrogen (secondary N) is 1. The van der Waals surface area contributed by atoms with Gasteiger partial charge in [-0.15, -0.1) is 0 Å². The molecule has 1 aliphatic carbocycles. The Bertz CT molecular complexity index is 365. The highest BCUT2D eigenvalue weighted by molar-refractivity contribution is 5.21. The van der Waals surface area contributed by atoms with Crippen LogP contribution in [0.5, 0.6) is 0 Å². The zero-order valence-electron chi connectivity index (χ0n) is 7.71. The first-order valence-electron chi connectivity index (χ1n) is 4.63. The van der Waals surface area contributed by atoms with Crippen LogP contribution in [0.2, 0.25) is 0 Å². The van der Waals surface area contributed by atoms with Crippen molar-refractivity contribution in [3.63, 3.8) is 0 Å². The van der Waals surface area contributed by atoms with Gasteiger partial charge in [0.05, 0.1) is 0 Å². The predicted octanol–water partition coefficient (Wildman–Crippen LogP) is 1.09. The molecule has 3 N–H and O–H groups in total. The van der Waals surface area contributed by atoms with Crippen molar-refractivity contribution in [2.45, 2.75) is 25.8 Å². The van der Waals surface area contributed by atoms with Crippen LogP contribution in [0.3, 0.4) is 0 Å². The molecule has 0 bridgehead atoms. The molecule has 2 rings (SSSR count). The number of hydrogen-bond donors (Lipinski definition) is 2. The van der Waals surface area contributed by atoms with Crippen molar-refractivity contribution in [1.82, 2.24) is 4.98 Å². The third-order valence-corrected chi connectivity index (χ3v) is 2.57. The first kappa shape index (κ1) is 8.51. The summed E-state index contributed by atoms with van der Waals surface area (Å²) >= 11 is 0. The standard InChI is InChI=1S/C10H14N2O/c1-6-4-8(10(13)12-5-6)9(11)7-2-3-7/h4-5,7,9H,2-3,11H2,1H3,(H,12,13)/t9-/m1/s1. The van der Waals surface area contributed by atoms with Gasteiger partial charge in [0.1, 0.15) is 0 Å². The molecular weight excluding hydrogens is 164 g/mol. The van der Waals surface area contributed by atoms with Crippen molar-refractivity contribution in [2.75, 3.05) is 0 Å². The van der Waals surface area contributed by atoms with Crippen LogP contribution in [-0.4, -0.2) is 4.98 Å². The molecule has 3 nitrogen and oxygen atoms in total. The van der Waals surface area contributed by atoms with Gasteiger partial charge in [-0.05, 0) is 37.3 Å². The SMILES string of the molecule is Cc1c[nH]c(=O)c([C@H](N)C2CC2)c1.